The zero-order valence-corrected chi connectivity index (χ0v) is 15.1. The Hall–Kier alpha value is -1.68. The molecule has 2 rings (SSSR count). The molecule has 23 heavy (non-hydrogen) atoms. The monoisotopic (exact) mass is 330 g/mol. The van der Waals surface area contributed by atoms with Gasteiger partial charge in [0, 0.05) is 30.3 Å². The molecule has 1 amide bonds. The molecule has 0 aliphatic rings. The van der Waals surface area contributed by atoms with Crippen LogP contribution in [0.4, 0.5) is 0 Å². The van der Waals surface area contributed by atoms with E-state index in [4.69, 9.17) is 0 Å². The fraction of sp³-hybridized carbons (Fsp3) is 0.474. The fourth-order valence-electron chi connectivity index (χ4n) is 2.56. The molecule has 1 N–H and O–H groups in total. The molecule has 1 heterocycles. The maximum atomic E-state index is 11.8. The normalized spacial score (nSPS) is 12.1. The van der Waals surface area contributed by atoms with Gasteiger partial charge in [-0.3, -0.25) is 4.79 Å². The molecule has 1 aromatic heterocycles. The molecule has 3 nitrogen and oxygen atoms in total. The first-order chi connectivity index (χ1) is 11.1. The van der Waals surface area contributed by atoms with Crippen molar-refractivity contribution in [3.05, 3.63) is 40.9 Å². The Bertz CT molecular complexity index is 619. The summed E-state index contributed by atoms with van der Waals surface area (Å²) in [6.45, 7) is 7.04. The fourth-order valence-corrected chi connectivity index (χ4v) is 3.42. The molecule has 2 aromatic rings. The van der Waals surface area contributed by atoms with Crippen LogP contribution in [0.3, 0.4) is 0 Å². The van der Waals surface area contributed by atoms with Gasteiger partial charge in [0.05, 0.1) is 5.69 Å². The number of aromatic nitrogens is 1. The van der Waals surface area contributed by atoms with Crippen LogP contribution in [0.25, 0.3) is 10.6 Å². The lowest BCUT2D eigenvalue weighted by molar-refractivity contribution is -0.121. The molecule has 0 aliphatic heterocycles. The maximum absolute atomic E-state index is 11.8. The van der Waals surface area contributed by atoms with E-state index in [2.05, 4.69) is 60.7 Å². The van der Waals surface area contributed by atoms with Gasteiger partial charge in [-0.2, -0.15) is 0 Å². The summed E-state index contributed by atoms with van der Waals surface area (Å²) in [5.41, 5.74) is 3.46. The molecule has 0 spiro atoms. The molecular formula is C19H26N2OS. The summed E-state index contributed by atoms with van der Waals surface area (Å²) >= 11 is 1.66. The number of benzene rings is 1. The van der Waals surface area contributed by atoms with Gasteiger partial charge in [0.25, 0.3) is 0 Å². The van der Waals surface area contributed by atoms with E-state index in [1.165, 1.54) is 5.56 Å². The molecule has 0 saturated heterocycles. The van der Waals surface area contributed by atoms with Gasteiger partial charge in [-0.25, -0.2) is 4.98 Å². The minimum absolute atomic E-state index is 0.153. The van der Waals surface area contributed by atoms with Gasteiger partial charge < -0.3 is 5.32 Å². The molecule has 0 fully saturated rings. The minimum Gasteiger partial charge on any atom is -0.356 e. The number of carbonyl (C=O) groups excluding carboxylic acids is 1. The Morgan fingerprint density at radius 1 is 1.30 bits per heavy atom. The predicted molar refractivity (Wildman–Crippen MR) is 97.7 cm³/mol. The van der Waals surface area contributed by atoms with Gasteiger partial charge in [-0.05, 0) is 12.8 Å². The number of amides is 1. The highest BCUT2D eigenvalue weighted by Crippen LogP contribution is 2.24. The topological polar surface area (TPSA) is 42.0 Å². The largest absolute Gasteiger partial charge is 0.356 e. The smallest absolute Gasteiger partial charge is 0.220 e. The van der Waals surface area contributed by atoms with Gasteiger partial charge >= 0.3 is 0 Å². The number of nitrogens with one attached hydrogen (secondary N) is 1. The van der Waals surface area contributed by atoms with E-state index in [1.54, 1.807) is 11.3 Å². The first kappa shape index (κ1) is 17.7. The van der Waals surface area contributed by atoms with Crippen molar-refractivity contribution in [2.24, 2.45) is 5.92 Å². The van der Waals surface area contributed by atoms with Crippen molar-refractivity contribution in [1.29, 1.82) is 0 Å². The van der Waals surface area contributed by atoms with Crippen LogP contribution in [0, 0.1) is 12.8 Å². The Labute approximate surface area is 143 Å². The molecule has 124 valence electrons. The van der Waals surface area contributed by atoms with Crippen molar-refractivity contribution in [1.82, 2.24) is 10.3 Å². The van der Waals surface area contributed by atoms with Crippen LogP contribution in [-0.4, -0.2) is 17.4 Å². The molecule has 4 heteroatoms. The Balaban J connectivity index is 1.79. The number of nitrogens with zero attached hydrogens (tertiary/aromatic N) is 1. The van der Waals surface area contributed by atoms with Crippen LogP contribution in [0.1, 0.15) is 44.4 Å². The number of carbonyl (C=O) groups is 1. The average Bonchev–Trinajstić information content (AvgIpc) is 2.97. The minimum atomic E-state index is 0.153. The molecule has 1 aromatic carbocycles. The average molecular weight is 330 g/mol. The van der Waals surface area contributed by atoms with Crippen LogP contribution in [0.2, 0.25) is 0 Å². The number of rotatable bonds is 8. The van der Waals surface area contributed by atoms with Gasteiger partial charge in [-0.1, -0.05) is 56.5 Å². The molecule has 0 bridgehead atoms. The zero-order chi connectivity index (χ0) is 16.7. The second kappa shape index (κ2) is 8.82. The van der Waals surface area contributed by atoms with Crippen LogP contribution in [-0.2, 0) is 11.2 Å². The summed E-state index contributed by atoms with van der Waals surface area (Å²) in [7, 11) is 0. The Morgan fingerprint density at radius 2 is 2.04 bits per heavy atom. The van der Waals surface area contributed by atoms with E-state index in [0.29, 0.717) is 18.9 Å². The first-order valence-corrected chi connectivity index (χ1v) is 9.24. The van der Waals surface area contributed by atoms with Crippen LogP contribution in [0.15, 0.2) is 29.6 Å². The van der Waals surface area contributed by atoms with Crippen molar-refractivity contribution in [3.8, 4) is 10.6 Å². The second-order valence-corrected chi connectivity index (χ2v) is 7.07. The van der Waals surface area contributed by atoms with Gasteiger partial charge in [0.15, 0.2) is 0 Å². The van der Waals surface area contributed by atoms with Gasteiger partial charge in [-0.15, -0.1) is 11.3 Å². The third-order valence-corrected chi connectivity index (χ3v) is 4.81. The van der Waals surface area contributed by atoms with Gasteiger partial charge in [0.1, 0.15) is 5.01 Å². The van der Waals surface area contributed by atoms with E-state index in [-0.39, 0.29) is 5.91 Å². The standard InChI is InChI=1S/C19H26N2OS/c1-4-5-15(3)12-18(22)20-11-10-17-13-23-19(21-17)16-8-6-14(2)7-9-16/h6-9,13,15H,4-5,10-12H2,1-3H3,(H,20,22). The van der Waals surface area contributed by atoms with Crippen molar-refractivity contribution in [3.63, 3.8) is 0 Å². The van der Waals surface area contributed by atoms with E-state index in [1.807, 2.05) is 0 Å². The zero-order valence-electron chi connectivity index (χ0n) is 14.3. The molecule has 0 aliphatic carbocycles. The van der Waals surface area contributed by atoms with Crippen molar-refractivity contribution in [2.75, 3.05) is 6.54 Å². The van der Waals surface area contributed by atoms with E-state index >= 15 is 0 Å². The summed E-state index contributed by atoms with van der Waals surface area (Å²) in [4.78, 5) is 16.5. The summed E-state index contributed by atoms with van der Waals surface area (Å²) in [6.07, 6.45) is 3.66. The van der Waals surface area contributed by atoms with Crippen molar-refractivity contribution < 1.29 is 4.79 Å². The lowest BCUT2D eigenvalue weighted by Crippen LogP contribution is -2.27. The van der Waals surface area contributed by atoms with Crippen LogP contribution in [0.5, 0.6) is 0 Å². The number of aryl methyl sites for hydroxylation is 1. The molecule has 1 unspecified atom stereocenters. The summed E-state index contributed by atoms with van der Waals surface area (Å²) in [5.74, 6) is 0.618. The van der Waals surface area contributed by atoms with E-state index in [0.717, 1.165) is 35.5 Å². The molecule has 0 radical (unpaired) electrons. The van der Waals surface area contributed by atoms with E-state index in [9.17, 15) is 4.79 Å². The quantitative estimate of drug-likeness (QED) is 0.768. The molecular weight excluding hydrogens is 304 g/mol. The van der Waals surface area contributed by atoms with Crippen LogP contribution < -0.4 is 5.32 Å². The third kappa shape index (κ3) is 5.79. The second-order valence-electron chi connectivity index (χ2n) is 6.21. The van der Waals surface area contributed by atoms with Crippen LogP contribution >= 0.6 is 11.3 Å². The molecule has 1 atom stereocenters. The number of hydrogen-bond acceptors (Lipinski definition) is 3. The highest BCUT2D eigenvalue weighted by atomic mass is 32.1. The summed E-state index contributed by atoms with van der Waals surface area (Å²) in [6, 6.07) is 8.42. The van der Waals surface area contributed by atoms with Crippen molar-refractivity contribution in [2.45, 2.75) is 46.5 Å². The first-order valence-electron chi connectivity index (χ1n) is 8.36. The SMILES string of the molecule is CCCC(C)CC(=O)NCCc1csc(-c2ccc(C)cc2)n1. The number of hydrogen-bond donors (Lipinski definition) is 1. The summed E-state index contributed by atoms with van der Waals surface area (Å²) < 4.78 is 0. The highest BCUT2D eigenvalue weighted by molar-refractivity contribution is 7.13. The van der Waals surface area contributed by atoms with E-state index < -0.39 is 0 Å². The van der Waals surface area contributed by atoms with Gasteiger partial charge in [0.2, 0.25) is 5.91 Å². The lowest BCUT2D eigenvalue weighted by atomic mass is 10.0. The number of thiazole rings is 1. The Morgan fingerprint density at radius 3 is 2.74 bits per heavy atom. The highest BCUT2D eigenvalue weighted by Gasteiger charge is 2.09. The van der Waals surface area contributed by atoms with Crippen molar-refractivity contribution >= 4 is 17.2 Å². The maximum Gasteiger partial charge on any atom is 0.220 e. The third-order valence-electron chi connectivity index (χ3n) is 3.87. The Kier molecular flexibility index (Phi) is 6.78. The summed E-state index contributed by atoms with van der Waals surface area (Å²) in [5, 5.41) is 6.13. The lowest BCUT2D eigenvalue weighted by Gasteiger charge is -2.09. The molecule has 0 saturated carbocycles. The predicted octanol–water partition coefficient (Wildman–Crippen LogP) is 4.60.